The molecule has 0 fully saturated rings. The summed E-state index contributed by atoms with van der Waals surface area (Å²) in [6.07, 6.45) is 0. The molecule has 2 nitrogen and oxygen atoms in total. The Morgan fingerprint density at radius 1 is 0.370 bits per heavy atom. The molecule has 218 valence electrons. The van der Waals surface area contributed by atoms with Gasteiger partial charge < -0.3 is 0 Å². The zero-order valence-corrected chi connectivity index (χ0v) is 25.9. The number of nitrogens with zero attached hydrogens (tertiary/aromatic N) is 2. The summed E-state index contributed by atoms with van der Waals surface area (Å²) >= 11 is 0. The van der Waals surface area contributed by atoms with Gasteiger partial charge in [-0.2, -0.15) is 0 Å². The van der Waals surface area contributed by atoms with Crippen molar-refractivity contribution >= 4 is 21.7 Å². The third kappa shape index (κ3) is 4.95. The monoisotopic (exact) mass is 588 g/mol. The molecule has 0 aliphatic rings. The molecule has 0 saturated heterocycles. The van der Waals surface area contributed by atoms with Gasteiger partial charge in [0.2, 0.25) is 0 Å². The molecule has 0 N–H and O–H groups in total. The molecular weight excluding hydrogens is 556 g/mol. The number of fused-ring (bicyclic) bond motifs is 2. The minimum absolute atomic E-state index is 0.971. The van der Waals surface area contributed by atoms with Crippen molar-refractivity contribution in [2.24, 2.45) is 0 Å². The van der Waals surface area contributed by atoms with E-state index in [-0.39, 0.29) is 0 Å². The van der Waals surface area contributed by atoms with Gasteiger partial charge in [-0.05, 0) is 76.9 Å². The molecule has 8 aromatic rings. The van der Waals surface area contributed by atoms with Crippen molar-refractivity contribution < 1.29 is 0 Å². The third-order valence-corrected chi connectivity index (χ3v) is 8.92. The van der Waals surface area contributed by atoms with Crippen LogP contribution in [0.25, 0.3) is 77.7 Å². The van der Waals surface area contributed by atoms with Crippen molar-refractivity contribution in [3.05, 3.63) is 169 Å². The predicted octanol–water partition coefficient (Wildman–Crippen LogP) is 11.7. The van der Waals surface area contributed by atoms with Gasteiger partial charge in [-0.25, -0.2) is 9.97 Å². The number of rotatable bonds is 5. The third-order valence-electron chi connectivity index (χ3n) is 8.92. The van der Waals surface area contributed by atoms with E-state index in [1.54, 1.807) is 0 Å². The van der Waals surface area contributed by atoms with Crippen molar-refractivity contribution in [3.8, 4) is 56.0 Å². The first-order chi connectivity index (χ1) is 22.6. The number of hydrogen-bond donors (Lipinski definition) is 0. The Morgan fingerprint density at radius 2 is 0.913 bits per heavy atom. The lowest BCUT2D eigenvalue weighted by atomic mass is 9.89. The lowest BCUT2D eigenvalue weighted by Crippen LogP contribution is -1.95. The van der Waals surface area contributed by atoms with Gasteiger partial charge in [0.15, 0.2) is 0 Å². The van der Waals surface area contributed by atoms with E-state index in [4.69, 9.17) is 9.97 Å². The van der Waals surface area contributed by atoms with Gasteiger partial charge in [-0.15, -0.1) is 0 Å². The largest absolute Gasteiger partial charge is 0.248 e. The minimum Gasteiger partial charge on any atom is -0.248 e. The highest BCUT2D eigenvalue weighted by atomic mass is 14.7. The van der Waals surface area contributed by atoms with Gasteiger partial charge in [0, 0.05) is 27.5 Å². The summed E-state index contributed by atoms with van der Waals surface area (Å²) in [6, 6.07) is 55.9. The lowest BCUT2D eigenvalue weighted by Gasteiger charge is -2.17. The first kappa shape index (κ1) is 27.7. The first-order valence-electron chi connectivity index (χ1n) is 15.8. The van der Waals surface area contributed by atoms with Crippen LogP contribution in [-0.4, -0.2) is 9.97 Å². The number of pyridine rings is 2. The van der Waals surface area contributed by atoms with Crippen LogP contribution in [0.3, 0.4) is 0 Å². The summed E-state index contributed by atoms with van der Waals surface area (Å²) in [4.78, 5) is 10.4. The molecule has 0 bridgehead atoms. The topological polar surface area (TPSA) is 25.8 Å². The molecule has 6 aromatic carbocycles. The Labute approximate surface area is 269 Å². The van der Waals surface area contributed by atoms with Gasteiger partial charge in [0.1, 0.15) is 0 Å². The SMILES string of the molecule is Cc1cccc2nc(-c3ccccc3)cc(-c3cccc(-c4ccc(C)c5c(-c6ccccc6)nc(-c6ccccc6)cc45)c3)c12. The maximum absolute atomic E-state index is 5.28. The van der Waals surface area contributed by atoms with Crippen LogP contribution in [0.15, 0.2) is 158 Å². The Balaban J connectivity index is 1.38. The molecule has 46 heavy (non-hydrogen) atoms. The van der Waals surface area contributed by atoms with E-state index in [0.29, 0.717) is 0 Å². The van der Waals surface area contributed by atoms with E-state index in [2.05, 4.69) is 166 Å². The summed E-state index contributed by atoms with van der Waals surface area (Å²) in [5.74, 6) is 0. The molecule has 2 heterocycles. The lowest BCUT2D eigenvalue weighted by molar-refractivity contribution is 1.34. The Morgan fingerprint density at radius 3 is 1.59 bits per heavy atom. The van der Waals surface area contributed by atoms with E-state index in [9.17, 15) is 0 Å². The Hall–Kier alpha value is -5.86. The first-order valence-corrected chi connectivity index (χ1v) is 15.8. The second kappa shape index (κ2) is 11.6. The molecule has 0 aliphatic carbocycles. The molecule has 0 aliphatic heterocycles. The van der Waals surface area contributed by atoms with Crippen LogP contribution >= 0.6 is 0 Å². The highest BCUT2D eigenvalue weighted by molar-refractivity contribution is 6.07. The van der Waals surface area contributed by atoms with Gasteiger partial charge in [-0.3, -0.25) is 0 Å². The maximum atomic E-state index is 5.28. The number of hydrogen-bond acceptors (Lipinski definition) is 2. The molecule has 8 rings (SSSR count). The highest BCUT2D eigenvalue weighted by Gasteiger charge is 2.17. The van der Waals surface area contributed by atoms with E-state index in [1.807, 2.05) is 6.07 Å². The molecule has 2 aromatic heterocycles. The fourth-order valence-electron chi connectivity index (χ4n) is 6.66. The summed E-state index contributed by atoms with van der Waals surface area (Å²) < 4.78 is 0. The maximum Gasteiger partial charge on any atom is 0.0790 e. The molecular formula is C44H32N2. The standard InChI is InChI=1S/C44H32N2/c1-29-14-12-23-39-42(29)37(27-40(45-39)31-15-6-3-7-16-31)35-22-13-21-34(26-35)36-25-24-30(2)43-38(36)28-41(32-17-8-4-9-18-32)46-44(43)33-19-10-5-11-20-33/h3-28H,1-2H3. The average molecular weight is 589 g/mol. The van der Waals surface area contributed by atoms with Crippen LogP contribution in [0.5, 0.6) is 0 Å². The van der Waals surface area contributed by atoms with Gasteiger partial charge >= 0.3 is 0 Å². The number of aromatic nitrogens is 2. The zero-order valence-electron chi connectivity index (χ0n) is 25.9. The van der Waals surface area contributed by atoms with Crippen molar-refractivity contribution in [3.63, 3.8) is 0 Å². The van der Waals surface area contributed by atoms with Gasteiger partial charge in [0.05, 0.1) is 22.6 Å². The van der Waals surface area contributed by atoms with Crippen LogP contribution in [-0.2, 0) is 0 Å². The number of aryl methyl sites for hydroxylation is 2. The predicted molar refractivity (Wildman–Crippen MR) is 194 cm³/mol. The Kier molecular flexibility index (Phi) is 6.96. The summed E-state index contributed by atoms with van der Waals surface area (Å²) in [7, 11) is 0. The summed E-state index contributed by atoms with van der Waals surface area (Å²) in [5, 5.41) is 3.57. The fourth-order valence-corrected chi connectivity index (χ4v) is 6.66. The van der Waals surface area contributed by atoms with Crippen molar-refractivity contribution in [2.75, 3.05) is 0 Å². The van der Waals surface area contributed by atoms with Crippen LogP contribution < -0.4 is 0 Å². The molecule has 0 spiro atoms. The van der Waals surface area contributed by atoms with Crippen LogP contribution in [0.1, 0.15) is 11.1 Å². The average Bonchev–Trinajstić information content (AvgIpc) is 3.12. The van der Waals surface area contributed by atoms with Crippen molar-refractivity contribution in [1.82, 2.24) is 9.97 Å². The fraction of sp³-hybridized carbons (Fsp3) is 0.0455. The van der Waals surface area contributed by atoms with E-state index >= 15 is 0 Å². The summed E-state index contributed by atoms with van der Waals surface area (Å²) in [6.45, 7) is 4.37. The molecule has 0 unspecified atom stereocenters. The second-order valence-electron chi connectivity index (χ2n) is 11.9. The number of benzene rings is 6. The van der Waals surface area contributed by atoms with Gasteiger partial charge in [-0.1, -0.05) is 133 Å². The molecule has 0 amide bonds. The molecule has 0 atom stereocenters. The van der Waals surface area contributed by atoms with Crippen LogP contribution in [0.2, 0.25) is 0 Å². The zero-order chi connectivity index (χ0) is 31.0. The second-order valence-corrected chi connectivity index (χ2v) is 11.9. The van der Waals surface area contributed by atoms with E-state index in [1.165, 1.54) is 49.5 Å². The van der Waals surface area contributed by atoms with Crippen molar-refractivity contribution in [1.29, 1.82) is 0 Å². The Bertz CT molecular complexity index is 2360. The normalized spacial score (nSPS) is 11.3. The van der Waals surface area contributed by atoms with Crippen LogP contribution in [0, 0.1) is 13.8 Å². The molecule has 0 radical (unpaired) electrons. The minimum atomic E-state index is 0.971. The quantitative estimate of drug-likeness (QED) is 0.200. The molecule has 0 saturated carbocycles. The highest BCUT2D eigenvalue weighted by Crippen LogP contribution is 2.41. The smallest absolute Gasteiger partial charge is 0.0790 e. The summed E-state index contributed by atoms with van der Waals surface area (Å²) in [5.41, 5.74) is 14.5. The van der Waals surface area contributed by atoms with E-state index in [0.717, 1.165) is 39.3 Å². The van der Waals surface area contributed by atoms with E-state index < -0.39 is 0 Å². The molecule has 2 heteroatoms. The van der Waals surface area contributed by atoms with Crippen molar-refractivity contribution in [2.45, 2.75) is 13.8 Å². The van der Waals surface area contributed by atoms with Gasteiger partial charge in [0.25, 0.3) is 0 Å². The van der Waals surface area contributed by atoms with Crippen LogP contribution in [0.4, 0.5) is 0 Å².